The largest absolute Gasteiger partial charge is 0.381 e. The average molecular weight is 436 g/mol. The molecular weight excluding hydrogens is 410 g/mol. The molecule has 5 heterocycles. The number of nitrogens with one attached hydrogen (secondary N) is 2. The van der Waals surface area contributed by atoms with Crippen LogP contribution in [0.4, 0.5) is 0 Å². The van der Waals surface area contributed by atoms with Crippen molar-refractivity contribution in [2.24, 2.45) is 11.8 Å². The number of thiophene rings is 1. The molecular formula is C20H26ClN5O2S. The highest BCUT2D eigenvalue weighted by Crippen LogP contribution is 2.32. The molecule has 2 fully saturated rings. The van der Waals surface area contributed by atoms with Gasteiger partial charge in [-0.2, -0.15) is 0 Å². The Morgan fingerprint density at radius 3 is 2.90 bits per heavy atom. The lowest BCUT2D eigenvalue weighted by Gasteiger charge is -2.35. The van der Waals surface area contributed by atoms with E-state index in [9.17, 15) is 4.79 Å². The highest BCUT2D eigenvalue weighted by atomic mass is 35.5. The zero-order valence-corrected chi connectivity index (χ0v) is 18.0. The van der Waals surface area contributed by atoms with Crippen LogP contribution in [-0.2, 0) is 11.3 Å². The molecule has 3 unspecified atom stereocenters. The smallest absolute Gasteiger partial charge is 0.273 e. The Hall–Kier alpha value is -1.61. The molecule has 0 spiro atoms. The van der Waals surface area contributed by atoms with Gasteiger partial charge >= 0.3 is 0 Å². The van der Waals surface area contributed by atoms with Crippen molar-refractivity contribution in [1.29, 1.82) is 0 Å². The minimum Gasteiger partial charge on any atom is -0.381 e. The molecule has 7 nitrogen and oxygen atoms in total. The normalized spacial score (nSPS) is 28.2. The number of rotatable bonds is 4. The van der Waals surface area contributed by atoms with Crippen molar-refractivity contribution >= 4 is 28.8 Å². The fourth-order valence-electron chi connectivity index (χ4n) is 4.81. The lowest BCUT2D eigenvalue weighted by atomic mass is 9.94. The summed E-state index contributed by atoms with van der Waals surface area (Å²) in [5.41, 5.74) is 4.17. The number of fused-ring (bicyclic) bond motifs is 1. The van der Waals surface area contributed by atoms with E-state index in [0.29, 0.717) is 23.4 Å². The maximum atomic E-state index is 12.8. The quantitative estimate of drug-likeness (QED) is 0.772. The Balaban J connectivity index is 1.31. The Bertz CT molecular complexity index is 893. The van der Waals surface area contributed by atoms with Crippen LogP contribution in [0.15, 0.2) is 18.3 Å². The van der Waals surface area contributed by atoms with Gasteiger partial charge in [0.2, 0.25) is 0 Å². The molecule has 0 aliphatic carbocycles. The second-order valence-corrected chi connectivity index (χ2v) is 10.1. The van der Waals surface area contributed by atoms with Crippen LogP contribution in [0.1, 0.15) is 46.9 Å². The number of aromatic nitrogens is 2. The number of amides is 1. The molecule has 0 radical (unpaired) electrons. The first-order valence-corrected chi connectivity index (χ1v) is 11.5. The number of carbonyl (C=O) groups excluding carboxylic acids is 1. The molecule has 2 N–H and O–H groups in total. The molecule has 29 heavy (non-hydrogen) atoms. The van der Waals surface area contributed by atoms with Crippen molar-refractivity contribution in [3.63, 3.8) is 0 Å². The Labute approximate surface area is 179 Å². The minimum atomic E-state index is -0.102. The van der Waals surface area contributed by atoms with E-state index < -0.39 is 0 Å². The summed E-state index contributed by atoms with van der Waals surface area (Å²) in [5.74, 6) is 2.04. The van der Waals surface area contributed by atoms with Gasteiger partial charge in [0.15, 0.2) is 0 Å². The van der Waals surface area contributed by atoms with Gasteiger partial charge in [0.25, 0.3) is 5.91 Å². The maximum Gasteiger partial charge on any atom is 0.273 e. The number of nitrogens with zero attached hydrogens (tertiary/aromatic N) is 3. The zero-order valence-electron chi connectivity index (χ0n) is 16.4. The number of ether oxygens (including phenoxy) is 1. The van der Waals surface area contributed by atoms with Crippen LogP contribution in [0, 0.1) is 11.8 Å². The Morgan fingerprint density at radius 1 is 1.31 bits per heavy atom. The minimum absolute atomic E-state index is 0.0461. The standard InChI is InChI=1S/C20H26ClN5O2S/c1-12-9-25(10-14-2-3-17(21)29-14)11-15(12)18-23-20(27)16-8-22-19(26(16)24-18)13-4-6-28-7-5-13/h2-3,8,12-13,15,18,24H,4-7,9-11H2,1H3,(H,23,27). The predicted octanol–water partition coefficient (Wildman–Crippen LogP) is 2.87. The number of likely N-dealkylation sites (tertiary alicyclic amines) is 1. The fourth-order valence-corrected chi connectivity index (χ4v) is 5.94. The zero-order chi connectivity index (χ0) is 20.0. The summed E-state index contributed by atoms with van der Waals surface area (Å²) >= 11 is 7.72. The molecule has 0 bridgehead atoms. The van der Waals surface area contributed by atoms with Gasteiger partial charge in [-0.1, -0.05) is 18.5 Å². The van der Waals surface area contributed by atoms with Gasteiger partial charge in [-0.3, -0.25) is 9.69 Å². The third-order valence-electron chi connectivity index (χ3n) is 6.35. The summed E-state index contributed by atoms with van der Waals surface area (Å²) in [6, 6.07) is 4.06. The fraction of sp³-hybridized carbons (Fsp3) is 0.600. The molecule has 2 aromatic heterocycles. The van der Waals surface area contributed by atoms with Crippen LogP contribution in [0.5, 0.6) is 0 Å². The highest BCUT2D eigenvalue weighted by Gasteiger charge is 2.40. The van der Waals surface area contributed by atoms with Crippen LogP contribution in [0.3, 0.4) is 0 Å². The van der Waals surface area contributed by atoms with E-state index in [2.05, 4.69) is 33.6 Å². The second-order valence-electron chi connectivity index (χ2n) is 8.34. The van der Waals surface area contributed by atoms with Gasteiger partial charge in [-0.15, -0.1) is 11.3 Å². The maximum absolute atomic E-state index is 12.8. The predicted molar refractivity (Wildman–Crippen MR) is 113 cm³/mol. The third kappa shape index (κ3) is 3.79. The van der Waals surface area contributed by atoms with Crippen LogP contribution in [-0.4, -0.2) is 52.9 Å². The van der Waals surface area contributed by atoms with Gasteiger partial charge in [-0.05, 0) is 30.9 Å². The number of hydrogen-bond donors (Lipinski definition) is 2. The van der Waals surface area contributed by atoms with Crippen LogP contribution in [0.2, 0.25) is 4.34 Å². The van der Waals surface area contributed by atoms with Crippen LogP contribution >= 0.6 is 22.9 Å². The van der Waals surface area contributed by atoms with Crippen molar-refractivity contribution in [3.05, 3.63) is 39.1 Å². The van der Waals surface area contributed by atoms with Crippen molar-refractivity contribution in [2.45, 2.75) is 38.4 Å². The molecule has 9 heteroatoms. The number of hydrogen-bond acceptors (Lipinski definition) is 6. The van der Waals surface area contributed by atoms with E-state index >= 15 is 0 Å². The first kappa shape index (κ1) is 19.4. The van der Waals surface area contributed by atoms with Gasteiger partial charge in [0, 0.05) is 49.6 Å². The lowest BCUT2D eigenvalue weighted by Crippen LogP contribution is -2.55. The first-order chi connectivity index (χ1) is 14.1. The second kappa shape index (κ2) is 7.91. The molecule has 1 amide bonds. The monoisotopic (exact) mass is 435 g/mol. The summed E-state index contributed by atoms with van der Waals surface area (Å²) in [5, 5.41) is 3.17. The highest BCUT2D eigenvalue weighted by molar-refractivity contribution is 7.16. The molecule has 0 aromatic carbocycles. The van der Waals surface area contributed by atoms with E-state index in [0.717, 1.165) is 55.9 Å². The van der Waals surface area contributed by atoms with E-state index in [-0.39, 0.29) is 12.1 Å². The van der Waals surface area contributed by atoms with Gasteiger partial charge in [0.05, 0.1) is 10.5 Å². The van der Waals surface area contributed by atoms with Gasteiger partial charge in [-0.25, -0.2) is 9.66 Å². The molecule has 2 aromatic rings. The molecule has 3 aliphatic rings. The van der Waals surface area contributed by atoms with Crippen molar-refractivity contribution in [3.8, 4) is 0 Å². The molecule has 0 saturated carbocycles. The van der Waals surface area contributed by atoms with Crippen molar-refractivity contribution < 1.29 is 9.53 Å². The number of halogens is 1. The van der Waals surface area contributed by atoms with E-state index in [1.807, 2.05) is 10.7 Å². The summed E-state index contributed by atoms with van der Waals surface area (Å²) in [6.45, 7) is 6.63. The summed E-state index contributed by atoms with van der Waals surface area (Å²) < 4.78 is 8.26. The molecule has 5 rings (SSSR count). The van der Waals surface area contributed by atoms with E-state index in [1.165, 1.54) is 4.88 Å². The molecule has 156 valence electrons. The molecule has 3 aliphatic heterocycles. The topological polar surface area (TPSA) is 71.4 Å². The summed E-state index contributed by atoms with van der Waals surface area (Å²) in [7, 11) is 0. The van der Waals surface area contributed by atoms with Crippen LogP contribution < -0.4 is 10.7 Å². The summed E-state index contributed by atoms with van der Waals surface area (Å²) in [4.78, 5) is 21.1. The SMILES string of the molecule is CC1CN(Cc2ccc(Cl)s2)CC1C1NC(=O)c2cnc(C3CCOCC3)n2N1. The first-order valence-electron chi connectivity index (χ1n) is 10.3. The van der Waals surface area contributed by atoms with Gasteiger partial charge in [0.1, 0.15) is 17.7 Å². The lowest BCUT2D eigenvalue weighted by molar-refractivity contribution is 0.0818. The molecule has 2 saturated heterocycles. The average Bonchev–Trinajstić information content (AvgIpc) is 3.41. The van der Waals surface area contributed by atoms with Crippen molar-refractivity contribution in [1.82, 2.24) is 19.9 Å². The molecule has 3 atom stereocenters. The number of imidazole rings is 1. The van der Waals surface area contributed by atoms with Crippen LogP contribution in [0.25, 0.3) is 0 Å². The van der Waals surface area contributed by atoms with Crippen molar-refractivity contribution in [2.75, 3.05) is 31.7 Å². The van der Waals surface area contributed by atoms with E-state index in [1.54, 1.807) is 17.5 Å². The Morgan fingerprint density at radius 2 is 2.14 bits per heavy atom. The summed E-state index contributed by atoms with van der Waals surface area (Å²) in [6.07, 6.45) is 3.48. The Kier molecular flexibility index (Phi) is 5.28. The van der Waals surface area contributed by atoms with E-state index in [4.69, 9.17) is 16.3 Å². The third-order valence-corrected chi connectivity index (χ3v) is 7.56. The van der Waals surface area contributed by atoms with Gasteiger partial charge < -0.3 is 15.5 Å². The number of carbonyl (C=O) groups is 1.